The zero-order valence-corrected chi connectivity index (χ0v) is 27.1. The number of anilines is 1. The van der Waals surface area contributed by atoms with Crippen LogP contribution in [-0.2, 0) is 20.7 Å². The van der Waals surface area contributed by atoms with Crippen molar-refractivity contribution in [1.29, 1.82) is 0 Å². The summed E-state index contributed by atoms with van der Waals surface area (Å²) in [7, 11) is 3.09. The molecule has 44 heavy (non-hydrogen) atoms. The molecule has 5 atom stereocenters. The number of esters is 1. The predicted molar refractivity (Wildman–Crippen MR) is 177 cm³/mol. The van der Waals surface area contributed by atoms with Crippen LogP contribution in [0.25, 0.3) is 0 Å². The third-order valence-corrected chi connectivity index (χ3v) is 9.48. The van der Waals surface area contributed by atoms with Gasteiger partial charge in [-0.25, -0.2) is 0 Å². The van der Waals surface area contributed by atoms with E-state index in [1.54, 1.807) is 24.1 Å². The van der Waals surface area contributed by atoms with Crippen LogP contribution < -0.4 is 9.64 Å². The van der Waals surface area contributed by atoms with E-state index in [1.165, 1.54) is 18.2 Å². The maximum Gasteiger partial charge on any atom is 0.313 e. The van der Waals surface area contributed by atoms with Gasteiger partial charge in [-0.2, -0.15) is 0 Å². The number of ether oxygens (including phenoxy) is 2. The molecule has 0 spiro atoms. The van der Waals surface area contributed by atoms with E-state index < -0.39 is 18.0 Å². The molecule has 1 aliphatic carbocycles. The van der Waals surface area contributed by atoms with Crippen LogP contribution in [0.4, 0.5) is 5.69 Å². The third kappa shape index (κ3) is 7.86. The highest BCUT2D eigenvalue weighted by atomic mass is 35.5. The molecule has 1 aliphatic heterocycles. The maximum absolute atomic E-state index is 13.1. The fraction of sp³-hybridized carbons (Fsp3) is 0.500. The Bertz CT molecular complexity index is 1330. The Kier molecular flexibility index (Phi) is 11.9. The topological polar surface area (TPSA) is 79.3 Å². The second-order valence-corrected chi connectivity index (χ2v) is 12.6. The van der Waals surface area contributed by atoms with Gasteiger partial charge in [0.15, 0.2) is 0 Å². The van der Waals surface area contributed by atoms with Crippen LogP contribution >= 0.6 is 11.6 Å². The van der Waals surface area contributed by atoms with Crippen LogP contribution in [0.5, 0.6) is 5.75 Å². The lowest BCUT2D eigenvalue weighted by Gasteiger charge is -2.42. The van der Waals surface area contributed by atoms with Crippen LogP contribution in [-0.4, -0.2) is 68.4 Å². The molecule has 8 heteroatoms. The molecule has 2 aromatic carbocycles. The van der Waals surface area contributed by atoms with Crippen molar-refractivity contribution in [2.75, 3.05) is 45.3 Å². The first kappa shape index (κ1) is 33.6. The average Bonchev–Trinajstić information content (AvgIpc) is 3.19. The number of carbonyl (C=O) groups excluding carboxylic acids is 2. The summed E-state index contributed by atoms with van der Waals surface area (Å²) in [4.78, 5) is 30.1. The molecule has 2 aliphatic rings. The van der Waals surface area contributed by atoms with Crippen molar-refractivity contribution >= 4 is 29.2 Å². The molecule has 1 heterocycles. The number of halogens is 1. The first-order valence-electron chi connectivity index (χ1n) is 15.7. The van der Waals surface area contributed by atoms with Gasteiger partial charge in [-0.15, -0.1) is 13.2 Å². The minimum atomic E-state index is -0.753. The van der Waals surface area contributed by atoms with E-state index in [4.69, 9.17) is 21.1 Å². The van der Waals surface area contributed by atoms with Gasteiger partial charge in [0, 0.05) is 44.0 Å². The molecule has 0 radical (unpaired) electrons. The summed E-state index contributed by atoms with van der Waals surface area (Å²) in [5.41, 5.74) is 4.05. The number of aliphatic hydroxyl groups is 1. The van der Waals surface area contributed by atoms with Crippen molar-refractivity contribution in [3.8, 4) is 5.75 Å². The summed E-state index contributed by atoms with van der Waals surface area (Å²) in [5, 5.41) is 11.3. The number of amides is 1. The van der Waals surface area contributed by atoms with Gasteiger partial charge in [0.2, 0.25) is 5.91 Å². The number of hydrogen-bond donors (Lipinski definition) is 1. The summed E-state index contributed by atoms with van der Waals surface area (Å²) in [6, 6.07) is 11.9. The molecular formula is C36H47ClN2O5. The summed E-state index contributed by atoms with van der Waals surface area (Å²) < 4.78 is 11.7. The van der Waals surface area contributed by atoms with Crippen molar-refractivity contribution in [1.82, 2.24) is 4.90 Å². The zero-order chi connectivity index (χ0) is 31.8. The highest BCUT2D eigenvalue weighted by molar-refractivity contribution is 6.30. The van der Waals surface area contributed by atoms with Crippen molar-refractivity contribution < 1.29 is 24.2 Å². The lowest BCUT2D eigenvalue weighted by atomic mass is 9.70. The van der Waals surface area contributed by atoms with Gasteiger partial charge in [0.05, 0.1) is 31.4 Å². The molecule has 1 saturated carbocycles. The average molecular weight is 623 g/mol. The number of fused-ring (bicyclic) bond motifs is 1. The number of aryl methyl sites for hydroxylation is 1. The Morgan fingerprint density at radius 3 is 2.68 bits per heavy atom. The molecule has 1 fully saturated rings. The Morgan fingerprint density at radius 1 is 1.23 bits per heavy atom. The first-order chi connectivity index (χ1) is 21.2. The van der Waals surface area contributed by atoms with E-state index in [0.29, 0.717) is 31.7 Å². The molecule has 7 nitrogen and oxygen atoms in total. The van der Waals surface area contributed by atoms with Crippen LogP contribution in [0.1, 0.15) is 67.6 Å². The van der Waals surface area contributed by atoms with Gasteiger partial charge in [-0.1, -0.05) is 49.2 Å². The standard InChI is InChI=1S/C36H47ClN2O5/c1-6-9-17-38(4)35(41)20-31(36(42)43-5)25-12-16-34-32(19-25)39(21-26-11-14-30(26)33(40)8-3)22-27(23-44-34)29-15-13-28(37)18-24(29)10-7-2/h6,8,12-13,15-16,18-19,26-27,30-31,33,40H,1,3,7,9-11,14,17,20-23H2,2,4-5H3/t26?,27?,30?,31?,33-/m0/s1. The Labute approximate surface area is 267 Å². The Morgan fingerprint density at radius 2 is 2.02 bits per heavy atom. The highest BCUT2D eigenvalue weighted by Gasteiger charge is 2.38. The fourth-order valence-electron chi connectivity index (χ4n) is 6.50. The van der Waals surface area contributed by atoms with E-state index in [2.05, 4.69) is 37.1 Å². The minimum Gasteiger partial charge on any atom is -0.491 e. The quantitative estimate of drug-likeness (QED) is 0.191. The third-order valence-electron chi connectivity index (χ3n) is 9.24. The number of aliphatic hydroxyl groups excluding tert-OH is 1. The minimum absolute atomic E-state index is 0.00393. The van der Waals surface area contributed by atoms with Crippen LogP contribution in [0.15, 0.2) is 61.7 Å². The number of nitrogens with zero attached hydrogens (tertiary/aromatic N) is 2. The molecule has 4 unspecified atom stereocenters. The Hall–Kier alpha value is -3.29. The van der Waals surface area contributed by atoms with Crippen LogP contribution in [0.2, 0.25) is 5.02 Å². The molecule has 0 bridgehead atoms. The summed E-state index contributed by atoms with van der Waals surface area (Å²) in [6.45, 7) is 12.2. The van der Waals surface area contributed by atoms with Crippen molar-refractivity contribution in [3.63, 3.8) is 0 Å². The molecule has 0 saturated heterocycles. The summed E-state index contributed by atoms with van der Waals surface area (Å²) >= 11 is 6.40. The largest absolute Gasteiger partial charge is 0.491 e. The van der Waals surface area contributed by atoms with Crippen molar-refractivity contribution in [3.05, 3.63) is 83.4 Å². The lowest BCUT2D eigenvalue weighted by Crippen LogP contribution is -2.43. The second kappa shape index (κ2) is 15.6. The van der Waals surface area contributed by atoms with E-state index >= 15 is 0 Å². The van der Waals surface area contributed by atoms with E-state index in [1.807, 2.05) is 24.3 Å². The van der Waals surface area contributed by atoms with E-state index in [9.17, 15) is 14.7 Å². The Balaban J connectivity index is 1.70. The van der Waals surface area contributed by atoms with Gasteiger partial charge < -0.3 is 24.4 Å². The fourth-order valence-corrected chi connectivity index (χ4v) is 6.69. The SMILES string of the molecule is C=CCCN(C)C(=O)CC(C(=O)OC)c1ccc2c(c1)N(CC1CCC1[C@@H](O)C=C)CC(c1ccc(Cl)cc1CCC)CO2. The number of rotatable bonds is 14. The van der Waals surface area contributed by atoms with Crippen LogP contribution in [0.3, 0.4) is 0 Å². The van der Waals surface area contributed by atoms with Gasteiger partial charge in [0.1, 0.15) is 5.75 Å². The molecule has 4 rings (SSSR count). The van der Waals surface area contributed by atoms with Gasteiger partial charge in [-0.05, 0) is 78.5 Å². The highest BCUT2D eigenvalue weighted by Crippen LogP contribution is 2.43. The zero-order valence-electron chi connectivity index (χ0n) is 26.3. The number of hydrogen-bond acceptors (Lipinski definition) is 6. The molecule has 1 amide bonds. The van der Waals surface area contributed by atoms with Gasteiger partial charge in [0.25, 0.3) is 0 Å². The summed E-state index contributed by atoms with van der Waals surface area (Å²) in [5.74, 6) is -0.0736. The summed E-state index contributed by atoms with van der Waals surface area (Å²) in [6.07, 6.45) is 7.45. The molecule has 0 aromatic heterocycles. The second-order valence-electron chi connectivity index (χ2n) is 12.1. The lowest BCUT2D eigenvalue weighted by molar-refractivity contribution is -0.145. The van der Waals surface area contributed by atoms with Gasteiger partial charge >= 0.3 is 5.97 Å². The van der Waals surface area contributed by atoms with Crippen LogP contribution in [0, 0.1) is 11.8 Å². The monoisotopic (exact) mass is 622 g/mol. The maximum atomic E-state index is 13.1. The molecule has 1 N–H and O–H groups in total. The smallest absolute Gasteiger partial charge is 0.313 e. The normalized spacial score (nSPS) is 20.7. The predicted octanol–water partition coefficient (Wildman–Crippen LogP) is 6.53. The van der Waals surface area contributed by atoms with E-state index in [0.717, 1.165) is 48.7 Å². The molecule has 2 aromatic rings. The number of benzene rings is 2. The van der Waals surface area contributed by atoms with Gasteiger partial charge in [-0.3, -0.25) is 9.59 Å². The number of carbonyl (C=O) groups is 2. The molecular weight excluding hydrogens is 576 g/mol. The number of methoxy groups -OCH3 is 1. The van der Waals surface area contributed by atoms with Crippen molar-refractivity contribution in [2.45, 2.75) is 63.4 Å². The van der Waals surface area contributed by atoms with Crippen molar-refractivity contribution in [2.24, 2.45) is 11.8 Å². The van der Waals surface area contributed by atoms with E-state index in [-0.39, 0.29) is 30.1 Å². The molecule has 238 valence electrons. The first-order valence-corrected chi connectivity index (χ1v) is 16.1.